The normalized spacial score (nSPS) is 11.1. The van der Waals surface area contributed by atoms with E-state index >= 15 is 0 Å². The zero-order valence-corrected chi connectivity index (χ0v) is 15.9. The Labute approximate surface area is 162 Å². The van der Waals surface area contributed by atoms with Crippen LogP contribution in [0.3, 0.4) is 0 Å². The zero-order valence-electron chi connectivity index (χ0n) is 15.1. The molecule has 5 nitrogen and oxygen atoms in total. The van der Waals surface area contributed by atoms with Crippen molar-refractivity contribution in [1.82, 2.24) is 14.3 Å². The molecule has 6 heteroatoms. The van der Waals surface area contributed by atoms with Gasteiger partial charge >= 0.3 is 0 Å². The molecule has 0 spiro atoms. The molecule has 0 aliphatic carbocycles. The van der Waals surface area contributed by atoms with Gasteiger partial charge in [-0.2, -0.15) is 5.10 Å². The Balaban J connectivity index is 1.52. The molecule has 2 heterocycles. The fourth-order valence-electron chi connectivity index (χ4n) is 3.13. The smallest absolute Gasteiger partial charge is 0.272 e. The summed E-state index contributed by atoms with van der Waals surface area (Å²) in [5.74, 6) is -0.195. The minimum Gasteiger partial charge on any atom is -0.340 e. The highest BCUT2D eigenvalue weighted by Crippen LogP contribution is 2.26. The van der Waals surface area contributed by atoms with Gasteiger partial charge in [0.15, 0.2) is 0 Å². The van der Waals surface area contributed by atoms with Gasteiger partial charge in [-0.1, -0.05) is 47.5 Å². The topological polar surface area (TPSA) is 51.9 Å². The molecular weight excluding hydrogens is 360 g/mol. The third kappa shape index (κ3) is 3.46. The van der Waals surface area contributed by atoms with E-state index in [1.165, 1.54) is 5.56 Å². The van der Waals surface area contributed by atoms with Gasteiger partial charge in [-0.25, -0.2) is 0 Å². The molecule has 0 bridgehead atoms. The molecule has 2 aromatic heterocycles. The predicted octanol–water partition coefficient (Wildman–Crippen LogP) is 4.64. The first-order chi connectivity index (χ1) is 13.0. The van der Waals surface area contributed by atoms with E-state index in [1.807, 2.05) is 42.1 Å². The maximum Gasteiger partial charge on any atom is 0.272 e. The molecule has 0 unspecified atom stereocenters. The highest BCUT2D eigenvalue weighted by Gasteiger charge is 2.15. The molecule has 2 aromatic carbocycles. The Bertz CT molecular complexity index is 1130. The van der Waals surface area contributed by atoms with E-state index in [1.54, 1.807) is 10.9 Å². The number of fused-ring (bicyclic) bond motifs is 1. The van der Waals surface area contributed by atoms with Crippen molar-refractivity contribution in [3.63, 3.8) is 0 Å². The number of aryl methyl sites for hydroxylation is 2. The maximum absolute atomic E-state index is 12.7. The van der Waals surface area contributed by atoms with Gasteiger partial charge in [0.1, 0.15) is 5.69 Å². The number of carbonyl (C=O) groups is 1. The first-order valence-corrected chi connectivity index (χ1v) is 9.02. The lowest BCUT2D eigenvalue weighted by atomic mass is 10.1. The van der Waals surface area contributed by atoms with Crippen LogP contribution in [0.5, 0.6) is 0 Å². The third-order valence-corrected chi connectivity index (χ3v) is 4.95. The van der Waals surface area contributed by atoms with Crippen LogP contribution in [-0.4, -0.2) is 20.3 Å². The second kappa shape index (κ2) is 6.93. The number of nitrogens with zero attached hydrogens (tertiary/aromatic N) is 3. The standard InChI is InChI=1S/C21H19ClN4O/c1-14-6-8-15(9-7-14)12-26-13-16(11-23-26)24-21(27)20-10-17-18(22)4-3-5-19(17)25(20)2/h3-11,13H,12H2,1-2H3,(H,24,27). The van der Waals surface area contributed by atoms with Crippen molar-refractivity contribution in [2.45, 2.75) is 13.5 Å². The van der Waals surface area contributed by atoms with Crippen LogP contribution in [0.25, 0.3) is 10.9 Å². The third-order valence-electron chi connectivity index (χ3n) is 4.62. The van der Waals surface area contributed by atoms with Crippen LogP contribution in [0.2, 0.25) is 5.02 Å². The summed E-state index contributed by atoms with van der Waals surface area (Å²) < 4.78 is 3.64. The number of halogens is 1. The first kappa shape index (κ1) is 17.4. The van der Waals surface area contributed by atoms with Crippen molar-refractivity contribution >= 4 is 34.1 Å². The van der Waals surface area contributed by atoms with Crippen molar-refractivity contribution in [3.05, 3.63) is 82.8 Å². The molecule has 0 atom stereocenters. The lowest BCUT2D eigenvalue weighted by Gasteiger charge is -2.05. The van der Waals surface area contributed by atoms with Crippen LogP contribution >= 0.6 is 11.6 Å². The molecular formula is C21H19ClN4O. The second-order valence-electron chi connectivity index (χ2n) is 6.63. The van der Waals surface area contributed by atoms with E-state index in [4.69, 9.17) is 11.6 Å². The average Bonchev–Trinajstić information content (AvgIpc) is 3.22. The monoisotopic (exact) mass is 378 g/mol. The van der Waals surface area contributed by atoms with E-state index in [-0.39, 0.29) is 5.91 Å². The summed E-state index contributed by atoms with van der Waals surface area (Å²) in [6, 6.07) is 15.8. The van der Waals surface area contributed by atoms with Gasteiger partial charge in [0.25, 0.3) is 5.91 Å². The molecule has 4 rings (SSSR count). The largest absolute Gasteiger partial charge is 0.340 e. The molecule has 1 N–H and O–H groups in total. The summed E-state index contributed by atoms with van der Waals surface area (Å²) in [4.78, 5) is 12.7. The predicted molar refractivity (Wildman–Crippen MR) is 108 cm³/mol. The maximum atomic E-state index is 12.7. The fourth-order valence-corrected chi connectivity index (χ4v) is 3.36. The Morgan fingerprint density at radius 1 is 1.19 bits per heavy atom. The van der Waals surface area contributed by atoms with Crippen molar-refractivity contribution in [2.75, 3.05) is 5.32 Å². The van der Waals surface area contributed by atoms with Gasteiger partial charge in [0.05, 0.1) is 18.4 Å². The van der Waals surface area contributed by atoms with Crippen LogP contribution in [-0.2, 0) is 13.6 Å². The molecule has 27 heavy (non-hydrogen) atoms. The van der Waals surface area contributed by atoms with Crippen LogP contribution in [0, 0.1) is 6.92 Å². The van der Waals surface area contributed by atoms with Crippen LogP contribution in [0.1, 0.15) is 21.6 Å². The zero-order chi connectivity index (χ0) is 19.0. The molecule has 0 fully saturated rings. The quantitative estimate of drug-likeness (QED) is 0.562. The van der Waals surface area contributed by atoms with Crippen LogP contribution in [0.4, 0.5) is 5.69 Å². The summed E-state index contributed by atoms with van der Waals surface area (Å²) in [6.45, 7) is 2.71. The number of amides is 1. The number of rotatable bonds is 4. The Hall–Kier alpha value is -3.05. The highest BCUT2D eigenvalue weighted by atomic mass is 35.5. The fraction of sp³-hybridized carbons (Fsp3) is 0.143. The number of hydrogen-bond donors (Lipinski definition) is 1. The summed E-state index contributed by atoms with van der Waals surface area (Å²) in [7, 11) is 1.86. The molecule has 0 radical (unpaired) electrons. The molecule has 0 saturated carbocycles. The number of aromatic nitrogens is 3. The molecule has 1 amide bonds. The average molecular weight is 379 g/mol. The van der Waals surface area contributed by atoms with Gasteiger partial charge in [-0.15, -0.1) is 0 Å². The van der Waals surface area contributed by atoms with E-state index in [0.717, 1.165) is 16.5 Å². The lowest BCUT2D eigenvalue weighted by molar-refractivity contribution is 0.101. The van der Waals surface area contributed by atoms with Crippen molar-refractivity contribution in [2.24, 2.45) is 7.05 Å². The minimum atomic E-state index is -0.195. The number of carbonyl (C=O) groups excluding carboxylic acids is 1. The van der Waals surface area contributed by atoms with E-state index < -0.39 is 0 Å². The minimum absolute atomic E-state index is 0.195. The van der Waals surface area contributed by atoms with Gasteiger partial charge in [-0.3, -0.25) is 9.48 Å². The summed E-state index contributed by atoms with van der Waals surface area (Å²) in [6.07, 6.45) is 3.48. The van der Waals surface area contributed by atoms with Gasteiger partial charge in [-0.05, 0) is 30.7 Å². The number of benzene rings is 2. The SMILES string of the molecule is Cc1ccc(Cn2cc(NC(=O)c3cc4c(Cl)cccc4n3C)cn2)cc1. The first-order valence-electron chi connectivity index (χ1n) is 8.64. The molecule has 0 saturated heterocycles. The Morgan fingerprint density at radius 2 is 1.96 bits per heavy atom. The van der Waals surface area contributed by atoms with Crippen molar-refractivity contribution in [3.8, 4) is 0 Å². The van der Waals surface area contributed by atoms with E-state index in [2.05, 4.69) is 41.6 Å². The van der Waals surface area contributed by atoms with Crippen molar-refractivity contribution < 1.29 is 4.79 Å². The van der Waals surface area contributed by atoms with Gasteiger partial charge in [0, 0.05) is 29.2 Å². The van der Waals surface area contributed by atoms with Crippen molar-refractivity contribution in [1.29, 1.82) is 0 Å². The molecule has 136 valence electrons. The van der Waals surface area contributed by atoms with Gasteiger partial charge in [0.2, 0.25) is 0 Å². The molecule has 0 aliphatic heterocycles. The molecule has 4 aromatic rings. The summed E-state index contributed by atoms with van der Waals surface area (Å²) >= 11 is 6.24. The summed E-state index contributed by atoms with van der Waals surface area (Å²) in [5.41, 5.74) is 4.50. The molecule has 0 aliphatic rings. The number of nitrogens with one attached hydrogen (secondary N) is 1. The van der Waals surface area contributed by atoms with Crippen LogP contribution in [0.15, 0.2) is 60.9 Å². The highest BCUT2D eigenvalue weighted by molar-refractivity contribution is 6.35. The van der Waals surface area contributed by atoms with Crippen LogP contribution < -0.4 is 5.32 Å². The Kier molecular flexibility index (Phi) is 4.46. The van der Waals surface area contributed by atoms with E-state index in [0.29, 0.717) is 22.9 Å². The summed E-state index contributed by atoms with van der Waals surface area (Å²) in [5, 5.41) is 8.74. The number of anilines is 1. The lowest BCUT2D eigenvalue weighted by Crippen LogP contribution is -2.15. The Morgan fingerprint density at radius 3 is 2.70 bits per heavy atom. The van der Waals surface area contributed by atoms with E-state index in [9.17, 15) is 4.79 Å². The second-order valence-corrected chi connectivity index (χ2v) is 7.03. The number of hydrogen-bond acceptors (Lipinski definition) is 2. The van der Waals surface area contributed by atoms with Gasteiger partial charge < -0.3 is 9.88 Å².